The summed E-state index contributed by atoms with van der Waals surface area (Å²) < 4.78 is 5.53. The number of rotatable bonds is 8. The molecule has 1 aromatic rings. The zero-order chi connectivity index (χ0) is 14.3. The normalized spacial score (nSPS) is 13.3. The van der Waals surface area contributed by atoms with Gasteiger partial charge in [-0.3, -0.25) is 0 Å². The Hall–Kier alpha value is -1.06. The van der Waals surface area contributed by atoms with Gasteiger partial charge in [-0.2, -0.15) is 0 Å². The summed E-state index contributed by atoms with van der Waals surface area (Å²) >= 11 is 0. The number of aryl methyl sites for hydroxylation is 1. The fourth-order valence-corrected chi connectivity index (χ4v) is 1.85. The summed E-state index contributed by atoms with van der Waals surface area (Å²) in [6, 6.07) is 8.69. The van der Waals surface area contributed by atoms with Gasteiger partial charge in [-0.25, -0.2) is 0 Å². The summed E-state index contributed by atoms with van der Waals surface area (Å²) in [6.07, 6.45) is 2.21. The SMILES string of the molecule is CCNC(C)CCc1ccc(OCC(C)(C)O)cc1. The molecule has 1 unspecified atom stereocenters. The van der Waals surface area contributed by atoms with Crippen LogP contribution in [0.1, 0.15) is 39.7 Å². The van der Waals surface area contributed by atoms with E-state index in [0.29, 0.717) is 12.6 Å². The molecule has 0 bridgehead atoms. The highest BCUT2D eigenvalue weighted by atomic mass is 16.5. The van der Waals surface area contributed by atoms with Crippen LogP contribution in [0, 0.1) is 0 Å². The van der Waals surface area contributed by atoms with Gasteiger partial charge in [0.15, 0.2) is 0 Å². The molecule has 19 heavy (non-hydrogen) atoms. The highest BCUT2D eigenvalue weighted by molar-refractivity contribution is 5.27. The Morgan fingerprint density at radius 1 is 1.26 bits per heavy atom. The first-order chi connectivity index (χ1) is 8.90. The molecule has 0 radical (unpaired) electrons. The zero-order valence-corrected chi connectivity index (χ0v) is 12.6. The molecule has 0 saturated carbocycles. The fourth-order valence-electron chi connectivity index (χ4n) is 1.85. The minimum atomic E-state index is -0.792. The van der Waals surface area contributed by atoms with Gasteiger partial charge in [0.05, 0.1) is 5.60 Å². The molecule has 0 heterocycles. The maximum absolute atomic E-state index is 9.60. The average molecular weight is 265 g/mol. The topological polar surface area (TPSA) is 41.5 Å². The first-order valence-corrected chi connectivity index (χ1v) is 7.08. The lowest BCUT2D eigenvalue weighted by Gasteiger charge is -2.18. The summed E-state index contributed by atoms with van der Waals surface area (Å²) in [7, 11) is 0. The van der Waals surface area contributed by atoms with E-state index in [1.165, 1.54) is 5.56 Å². The van der Waals surface area contributed by atoms with Gasteiger partial charge >= 0.3 is 0 Å². The van der Waals surface area contributed by atoms with E-state index in [1.54, 1.807) is 13.8 Å². The Bertz CT molecular complexity index is 354. The predicted molar refractivity (Wildman–Crippen MR) is 79.7 cm³/mol. The summed E-state index contributed by atoms with van der Waals surface area (Å²) in [5.74, 6) is 0.811. The molecule has 0 saturated heterocycles. The van der Waals surface area contributed by atoms with E-state index < -0.39 is 5.60 Å². The number of benzene rings is 1. The molecular formula is C16H27NO2. The van der Waals surface area contributed by atoms with E-state index in [2.05, 4.69) is 31.3 Å². The van der Waals surface area contributed by atoms with Crippen LogP contribution in [0.3, 0.4) is 0 Å². The summed E-state index contributed by atoms with van der Waals surface area (Å²) in [6.45, 7) is 9.15. The summed E-state index contributed by atoms with van der Waals surface area (Å²) in [4.78, 5) is 0. The predicted octanol–water partition coefficient (Wildman–Crippen LogP) is 2.77. The van der Waals surface area contributed by atoms with E-state index in [1.807, 2.05) is 12.1 Å². The van der Waals surface area contributed by atoms with E-state index >= 15 is 0 Å². The minimum Gasteiger partial charge on any atom is -0.491 e. The summed E-state index contributed by atoms with van der Waals surface area (Å²) in [5.41, 5.74) is 0.528. The lowest BCUT2D eigenvalue weighted by molar-refractivity contribution is 0.0285. The Balaban J connectivity index is 2.39. The van der Waals surface area contributed by atoms with Crippen molar-refractivity contribution in [2.75, 3.05) is 13.2 Å². The van der Waals surface area contributed by atoms with Crippen LogP contribution in [-0.4, -0.2) is 29.9 Å². The van der Waals surface area contributed by atoms with E-state index in [4.69, 9.17) is 4.74 Å². The molecule has 3 nitrogen and oxygen atoms in total. The summed E-state index contributed by atoms with van der Waals surface area (Å²) in [5, 5.41) is 13.0. The van der Waals surface area contributed by atoms with Crippen LogP contribution in [0.4, 0.5) is 0 Å². The number of aliphatic hydroxyl groups is 1. The van der Waals surface area contributed by atoms with Gasteiger partial charge < -0.3 is 15.2 Å². The molecular weight excluding hydrogens is 238 g/mol. The van der Waals surface area contributed by atoms with Gasteiger partial charge in [0.2, 0.25) is 0 Å². The third-order valence-electron chi connectivity index (χ3n) is 2.93. The quantitative estimate of drug-likeness (QED) is 0.759. The van der Waals surface area contributed by atoms with Crippen molar-refractivity contribution in [3.8, 4) is 5.75 Å². The molecule has 0 amide bonds. The van der Waals surface area contributed by atoms with Gasteiger partial charge in [-0.15, -0.1) is 0 Å². The van der Waals surface area contributed by atoms with Crippen molar-refractivity contribution in [1.29, 1.82) is 0 Å². The molecule has 1 rings (SSSR count). The van der Waals surface area contributed by atoms with E-state index in [0.717, 1.165) is 25.1 Å². The van der Waals surface area contributed by atoms with Crippen molar-refractivity contribution >= 4 is 0 Å². The molecule has 0 aliphatic heterocycles. The maximum Gasteiger partial charge on any atom is 0.119 e. The second-order valence-corrected chi connectivity index (χ2v) is 5.74. The van der Waals surface area contributed by atoms with Gasteiger partial charge in [0.25, 0.3) is 0 Å². The Morgan fingerprint density at radius 3 is 2.42 bits per heavy atom. The molecule has 1 atom stereocenters. The first-order valence-electron chi connectivity index (χ1n) is 7.08. The fraction of sp³-hybridized carbons (Fsp3) is 0.625. The third-order valence-corrected chi connectivity index (χ3v) is 2.93. The highest BCUT2D eigenvalue weighted by Gasteiger charge is 2.13. The van der Waals surface area contributed by atoms with Gasteiger partial charge in [0, 0.05) is 6.04 Å². The lowest BCUT2D eigenvalue weighted by Crippen LogP contribution is -2.27. The molecule has 3 heteroatoms. The van der Waals surface area contributed by atoms with Crippen LogP contribution in [-0.2, 0) is 6.42 Å². The first kappa shape index (κ1) is 16.0. The number of nitrogens with one attached hydrogen (secondary N) is 1. The Kier molecular flexibility index (Phi) is 6.32. The molecule has 108 valence electrons. The van der Waals surface area contributed by atoms with Crippen LogP contribution in [0.25, 0.3) is 0 Å². The lowest BCUT2D eigenvalue weighted by atomic mass is 10.1. The van der Waals surface area contributed by atoms with Crippen molar-refractivity contribution in [3.05, 3.63) is 29.8 Å². The second-order valence-electron chi connectivity index (χ2n) is 5.74. The maximum atomic E-state index is 9.60. The molecule has 0 aromatic heterocycles. The van der Waals surface area contributed by atoms with Crippen molar-refractivity contribution in [3.63, 3.8) is 0 Å². The standard InChI is InChI=1S/C16H27NO2/c1-5-17-13(2)6-7-14-8-10-15(11-9-14)19-12-16(3,4)18/h8-11,13,17-18H,5-7,12H2,1-4H3. The Labute approximate surface area is 117 Å². The van der Waals surface area contributed by atoms with Crippen molar-refractivity contribution in [1.82, 2.24) is 5.32 Å². The van der Waals surface area contributed by atoms with E-state index in [-0.39, 0.29) is 0 Å². The van der Waals surface area contributed by atoms with E-state index in [9.17, 15) is 5.11 Å². The van der Waals surface area contributed by atoms with Crippen LogP contribution in [0.2, 0.25) is 0 Å². The molecule has 0 aliphatic carbocycles. The van der Waals surface area contributed by atoms with Crippen LogP contribution in [0.5, 0.6) is 5.75 Å². The average Bonchev–Trinajstić information content (AvgIpc) is 2.34. The van der Waals surface area contributed by atoms with Crippen LogP contribution in [0.15, 0.2) is 24.3 Å². The van der Waals surface area contributed by atoms with Crippen molar-refractivity contribution < 1.29 is 9.84 Å². The highest BCUT2D eigenvalue weighted by Crippen LogP contribution is 2.15. The zero-order valence-electron chi connectivity index (χ0n) is 12.6. The van der Waals surface area contributed by atoms with Crippen LogP contribution < -0.4 is 10.1 Å². The molecule has 0 aliphatic rings. The number of ether oxygens (including phenoxy) is 1. The Morgan fingerprint density at radius 2 is 1.89 bits per heavy atom. The minimum absolute atomic E-state index is 0.309. The molecule has 1 aromatic carbocycles. The van der Waals surface area contributed by atoms with Gasteiger partial charge in [0.1, 0.15) is 12.4 Å². The van der Waals surface area contributed by atoms with Gasteiger partial charge in [-0.1, -0.05) is 19.1 Å². The van der Waals surface area contributed by atoms with Crippen LogP contribution >= 0.6 is 0 Å². The molecule has 0 spiro atoms. The van der Waals surface area contributed by atoms with Gasteiger partial charge in [-0.05, 0) is 57.9 Å². The largest absolute Gasteiger partial charge is 0.491 e. The second kappa shape index (κ2) is 7.51. The molecule has 0 fully saturated rings. The monoisotopic (exact) mass is 265 g/mol. The number of hydrogen-bond acceptors (Lipinski definition) is 3. The van der Waals surface area contributed by atoms with Crippen molar-refractivity contribution in [2.45, 2.75) is 52.2 Å². The smallest absolute Gasteiger partial charge is 0.119 e. The third kappa shape index (κ3) is 7.19. The number of hydrogen-bond donors (Lipinski definition) is 2. The molecule has 2 N–H and O–H groups in total. The van der Waals surface area contributed by atoms with Crippen molar-refractivity contribution in [2.24, 2.45) is 0 Å².